The monoisotopic (exact) mass is 471 g/mol. The first-order chi connectivity index (χ1) is 15.7. The fourth-order valence-electron chi connectivity index (χ4n) is 3.58. The zero-order valence-electron chi connectivity index (χ0n) is 19.1. The molecule has 176 valence electrons. The Kier molecular flexibility index (Phi) is 7.95. The van der Waals surface area contributed by atoms with Gasteiger partial charge >= 0.3 is 0 Å². The first kappa shape index (κ1) is 24.6. The molecule has 8 nitrogen and oxygen atoms in total. The molecule has 2 aromatic carbocycles. The average Bonchev–Trinajstić information content (AvgIpc) is 2.81. The molecule has 1 N–H and O–H groups in total. The molecular weight excluding hydrogens is 442 g/mol. The van der Waals surface area contributed by atoms with E-state index >= 15 is 0 Å². The number of nitriles is 1. The molecule has 2 aromatic rings. The number of ether oxygens (including phenoxy) is 2. The van der Waals surface area contributed by atoms with E-state index in [0.717, 1.165) is 16.7 Å². The third kappa shape index (κ3) is 6.46. The summed E-state index contributed by atoms with van der Waals surface area (Å²) in [5.74, 6) is 0.752. The van der Waals surface area contributed by atoms with Crippen molar-refractivity contribution < 1.29 is 22.7 Å². The number of fused-ring (bicyclic) bond motifs is 1. The number of hydrogen-bond donors (Lipinski definition) is 1. The Morgan fingerprint density at radius 2 is 2.00 bits per heavy atom. The molecule has 0 saturated heterocycles. The second kappa shape index (κ2) is 10.7. The van der Waals surface area contributed by atoms with Crippen LogP contribution in [0.1, 0.15) is 42.5 Å². The van der Waals surface area contributed by atoms with Crippen LogP contribution in [-0.4, -0.2) is 44.1 Å². The lowest BCUT2D eigenvalue weighted by molar-refractivity contribution is -0.120. The van der Waals surface area contributed by atoms with E-state index in [1.54, 1.807) is 12.1 Å². The number of rotatable bonds is 9. The molecule has 0 spiro atoms. The van der Waals surface area contributed by atoms with Gasteiger partial charge in [0.05, 0.1) is 17.4 Å². The number of benzene rings is 2. The van der Waals surface area contributed by atoms with Crippen LogP contribution in [0.25, 0.3) is 0 Å². The maximum absolute atomic E-state index is 12.6. The number of carbonyl (C=O) groups excluding carboxylic acids is 1. The van der Waals surface area contributed by atoms with Gasteiger partial charge in [-0.2, -0.15) is 9.57 Å². The molecule has 0 atom stereocenters. The van der Waals surface area contributed by atoms with Crippen molar-refractivity contribution >= 4 is 15.9 Å². The van der Waals surface area contributed by atoms with Gasteiger partial charge in [0.15, 0.2) is 0 Å². The van der Waals surface area contributed by atoms with Crippen molar-refractivity contribution in [1.82, 2.24) is 9.62 Å². The number of nitrogens with zero attached hydrogens (tertiary/aromatic N) is 2. The molecule has 0 fully saturated rings. The zero-order valence-corrected chi connectivity index (χ0v) is 19.9. The summed E-state index contributed by atoms with van der Waals surface area (Å²) in [6.07, 6.45) is 0.509. The second-order valence-electron chi connectivity index (χ2n) is 8.15. The Bertz CT molecular complexity index is 1160. The highest BCUT2D eigenvalue weighted by Crippen LogP contribution is 2.27. The summed E-state index contributed by atoms with van der Waals surface area (Å²) in [5, 5.41) is 11.8. The van der Waals surface area contributed by atoms with E-state index in [2.05, 4.69) is 11.4 Å². The predicted octanol–water partition coefficient (Wildman–Crippen LogP) is 2.75. The van der Waals surface area contributed by atoms with Crippen LogP contribution in [0, 0.1) is 11.3 Å². The molecule has 1 aliphatic rings. The minimum atomic E-state index is -3.50. The van der Waals surface area contributed by atoms with Crippen LogP contribution in [0.4, 0.5) is 0 Å². The third-order valence-corrected chi connectivity index (χ3v) is 7.17. The van der Waals surface area contributed by atoms with Crippen LogP contribution in [0.3, 0.4) is 0 Å². The highest BCUT2D eigenvalue weighted by Gasteiger charge is 2.27. The lowest BCUT2D eigenvalue weighted by Gasteiger charge is -2.28. The smallest absolute Gasteiger partial charge is 0.220 e. The molecule has 1 heterocycles. The van der Waals surface area contributed by atoms with E-state index < -0.39 is 10.0 Å². The van der Waals surface area contributed by atoms with Crippen molar-refractivity contribution in [2.24, 2.45) is 0 Å². The van der Waals surface area contributed by atoms with Gasteiger partial charge in [0.25, 0.3) is 0 Å². The normalized spacial score (nSPS) is 13.8. The maximum atomic E-state index is 12.6. The molecular formula is C24H29N3O5S. The van der Waals surface area contributed by atoms with Crippen LogP contribution < -0.4 is 14.8 Å². The van der Waals surface area contributed by atoms with Crippen molar-refractivity contribution in [3.05, 3.63) is 58.7 Å². The van der Waals surface area contributed by atoms with Gasteiger partial charge in [-0.25, -0.2) is 8.42 Å². The molecule has 9 heteroatoms. The van der Waals surface area contributed by atoms with Crippen LogP contribution in [0.2, 0.25) is 0 Å². The summed E-state index contributed by atoms with van der Waals surface area (Å²) in [7, 11) is -2.01. The SMILES string of the molecule is CNC(=O)CCS(=O)(=O)N1CCc2cc(OCc3ccc(OC(C)C)c(C#N)c3)ccc2C1. The Balaban J connectivity index is 1.63. The topological polar surface area (TPSA) is 109 Å². The van der Waals surface area contributed by atoms with Gasteiger partial charge in [0, 0.05) is 26.6 Å². The predicted molar refractivity (Wildman–Crippen MR) is 124 cm³/mol. The molecule has 0 saturated carbocycles. The number of amides is 1. The van der Waals surface area contributed by atoms with Gasteiger partial charge in [-0.15, -0.1) is 0 Å². The minimum Gasteiger partial charge on any atom is -0.490 e. The quantitative estimate of drug-likeness (QED) is 0.602. The Morgan fingerprint density at radius 3 is 2.70 bits per heavy atom. The van der Waals surface area contributed by atoms with Gasteiger partial charge in [0.2, 0.25) is 15.9 Å². The highest BCUT2D eigenvalue weighted by molar-refractivity contribution is 7.89. The first-order valence-corrected chi connectivity index (χ1v) is 12.5. The Labute approximate surface area is 195 Å². The highest BCUT2D eigenvalue weighted by atomic mass is 32.2. The molecule has 0 unspecified atom stereocenters. The van der Waals surface area contributed by atoms with E-state index in [1.165, 1.54) is 11.4 Å². The minimum absolute atomic E-state index is 0.0172. The number of carbonyl (C=O) groups is 1. The molecule has 0 aromatic heterocycles. The third-order valence-electron chi connectivity index (χ3n) is 5.35. The molecule has 33 heavy (non-hydrogen) atoms. The summed E-state index contributed by atoms with van der Waals surface area (Å²) in [5.41, 5.74) is 3.30. The standard InChI is InChI=1S/C24H29N3O5S/c1-17(2)32-23-7-4-18(12-21(23)14-25)16-31-22-6-5-20-15-27(10-8-19(20)13-22)33(29,30)11-9-24(28)26-3/h4-7,12-13,17H,8-11,15-16H2,1-3H3,(H,26,28). The molecule has 0 bridgehead atoms. The molecule has 0 radical (unpaired) electrons. The van der Waals surface area contributed by atoms with Gasteiger partial charge in [0.1, 0.15) is 24.2 Å². The summed E-state index contributed by atoms with van der Waals surface area (Å²) in [6, 6.07) is 13.2. The fourth-order valence-corrected chi connectivity index (χ4v) is 4.99. The summed E-state index contributed by atoms with van der Waals surface area (Å²) in [6.45, 7) is 4.78. The van der Waals surface area contributed by atoms with Crippen molar-refractivity contribution in [1.29, 1.82) is 5.26 Å². The van der Waals surface area contributed by atoms with Crippen LogP contribution >= 0.6 is 0 Å². The lowest BCUT2D eigenvalue weighted by Crippen LogP contribution is -2.38. The lowest BCUT2D eigenvalue weighted by atomic mass is 10.0. The van der Waals surface area contributed by atoms with Crippen molar-refractivity contribution in [2.45, 2.75) is 45.9 Å². The molecule has 1 amide bonds. The second-order valence-corrected chi connectivity index (χ2v) is 10.2. The fraction of sp³-hybridized carbons (Fsp3) is 0.417. The van der Waals surface area contributed by atoms with Crippen LogP contribution in [0.5, 0.6) is 11.5 Å². The zero-order chi connectivity index (χ0) is 24.0. The Hall–Kier alpha value is -3.09. The first-order valence-electron chi connectivity index (χ1n) is 10.8. The maximum Gasteiger partial charge on any atom is 0.220 e. The number of hydrogen-bond acceptors (Lipinski definition) is 6. The van der Waals surface area contributed by atoms with E-state index in [9.17, 15) is 18.5 Å². The number of nitrogens with one attached hydrogen (secondary N) is 1. The van der Waals surface area contributed by atoms with E-state index in [0.29, 0.717) is 36.6 Å². The van der Waals surface area contributed by atoms with Crippen molar-refractivity contribution in [2.75, 3.05) is 19.3 Å². The summed E-state index contributed by atoms with van der Waals surface area (Å²) in [4.78, 5) is 11.4. The van der Waals surface area contributed by atoms with Gasteiger partial charge in [-0.1, -0.05) is 12.1 Å². The molecule has 1 aliphatic heterocycles. The summed E-state index contributed by atoms with van der Waals surface area (Å²) >= 11 is 0. The Morgan fingerprint density at radius 1 is 1.21 bits per heavy atom. The molecule has 3 rings (SSSR count). The van der Waals surface area contributed by atoms with Gasteiger partial charge in [-0.05, 0) is 61.2 Å². The van der Waals surface area contributed by atoms with Crippen molar-refractivity contribution in [3.8, 4) is 17.6 Å². The van der Waals surface area contributed by atoms with E-state index in [4.69, 9.17) is 9.47 Å². The summed E-state index contributed by atoms with van der Waals surface area (Å²) < 4.78 is 38.1. The van der Waals surface area contributed by atoms with E-state index in [-0.39, 0.29) is 30.7 Å². The van der Waals surface area contributed by atoms with Gasteiger partial charge in [-0.3, -0.25) is 4.79 Å². The van der Waals surface area contributed by atoms with Gasteiger partial charge < -0.3 is 14.8 Å². The largest absolute Gasteiger partial charge is 0.490 e. The van der Waals surface area contributed by atoms with Crippen LogP contribution in [0.15, 0.2) is 36.4 Å². The van der Waals surface area contributed by atoms with E-state index in [1.807, 2.05) is 38.1 Å². The van der Waals surface area contributed by atoms with Crippen molar-refractivity contribution in [3.63, 3.8) is 0 Å². The van der Waals surface area contributed by atoms with Crippen LogP contribution in [-0.2, 0) is 34.4 Å². The number of sulfonamides is 1. The molecule has 0 aliphatic carbocycles. The average molecular weight is 472 g/mol.